The van der Waals surface area contributed by atoms with Gasteiger partial charge in [-0.05, 0) is 80.7 Å². The summed E-state index contributed by atoms with van der Waals surface area (Å²) in [6.07, 6.45) is 5.49. The number of imidazole rings is 1. The molecule has 0 aliphatic carbocycles. The first-order valence-electron chi connectivity index (χ1n) is 10.8. The molecule has 31 heavy (non-hydrogen) atoms. The minimum Gasteiger partial charge on any atom is -0.497 e. The van der Waals surface area contributed by atoms with Crippen molar-refractivity contribution in [2.24, 2.45) is 0 Å². The Labute approximate surface area is 187 Å². The molecule has 2 aromatic carbocycles. The van der Waals surface area contributed by atoms with Crippen LogP contribution in [0.15, 0.2) is 53.5 Å². The Balaban J connectivity index is 0.00000231. The van der Waals surface area contributed by atoms with Crippen molar-refractivity contribution in [1.82, 2.24) is 19.4 Å². The van der Waals surface area contributed by atoms with Gasteiger partial charge in [-0.3, -0.25) is 4.57 Å². The van der Waals surface area contributed by atoms with Crippen LogP contribution in [-0.4, -0.2) is 46.2 Å². The number of aryl methyl sites for hydroxylation is 1. The number of rotatable bonds is 6. The molecule has 1 fully saturated rings. The number of benzene rings is 2. The van der Waals surface area contributed by atoms with Gasteiger partial charge in [0.05, 0.1) is 18.1 Å². The fourth-order valence-corrected chi connectivity index (χ4v) is 4.83. The second kappa shape index (κ2) is 9.20. The zero-order chi connectivity index (χ0) is 20.5. The van der Waals surface area contributed by atoms with E-state index in [1.165, 1.54) is 16.5 Å². The van der Waals surface area contributed by atoms with E-state index >= 15 is 0 Å². The molecule has 0 spiro atoms. The molecule has 0 atom stereocenters. The summed E-state index contributed by atoms with van der Waals surface area (Å²) in [5, 5.41) is 1.28. The van der Waals surface area contributed by atoms with Gasteiger partial charge in [0.2, 0.25) is 0 Å². The van der Waals surface area contributed by atoms with Gasteiger partial charge in [-0.1, -0.05) is 12.1 Å². The summed E-state index contributed by atoms with van der Waals surface area (Å²) in [6, 6.07) is 14.1. The average molecular weight is 441 g/mol. The van der Waals surface area contributed by atoms with Gasteiger partial charge >= 0.3 is 5.69 Å². The number of aromatic nitrogens is 3. The Hall–Kier alpha value is -2.70. The van der Waals surface area contributed by atoms with E-state index in [-0.39, 0.29) is 18.1 Å². The number of ether oxygens (including phenoxy) is 1. The van der Waals surface area contributed by atoms with Crippen LogP contribution >= 0.6 is 12.4 Å². The molecule has 3 heterocycles. The predicted octanol–water partition coefficient (Wildman–Crippen LogP) is 4.51. The fourth-order valence-electron chi connectivity index (χ4n) is 4.83. The maximum Gasteiger partial charge on any atom is 0.326 e. The lowest BCUT2D eigenvalue weighted by Gasteiger charge is -2.32. The van der Waals surface area contributed by atoms with E-state index in [1.54, 1.807) is 7.11 Å². The van der Waals surface area contributed by atoms with E-state index in [4.69, 9.17) is 4.74 Å². The summed E-state index contributed by atoms with van der Waals surface area (Å²) in [4.78, 5) is 21.1. The molecule has 7 heteroatoms. The number of nitrogens with zero attached hydrogens (tertiary/aromatic N) is 2. The van der Waals surface area contributed by atoms with E-state index < -0.39 is 0 Å². The largest absolute Gasteiger partial charge is 0.497 e. The zero-order valence-corrected chi connectivity index (χ0v) is 18.6. The Kier molecular flexibility index (Phi) is 6.39. The maximum absolute atomic E-state index is 12.2. The van der Waals surface area contributed by atoms with Crippen LogP contribution in [-0.2, 0) is 6.54 Å². The second-order valence-corrected chi connectivity index (χ2v) is 8.22. The minimum absolute atomic E-state index is 0. The maximum atomic E-state index is 12.2. The van der Waals surface area contributed by atoms with E-state index in [9.17, 15) is 4.79 Å². The lowest BCUT2D eigenvalue weighted by Crippen LogP contribution is -2.34. The van der Waals surface area contributed by atoms with Crippen LogP contribution in [0, 0.1) is 0 Å². The topological polar surface area (TPSA) is 66.0 Å². The summed E-state index contributed by atoms with van der Waals surface area (Å²) in [6.45, 7) is 3.99. The lowest BCUT2D eigenvalue weighted by molar-refractivity contribution is 0.207. The van der Waals surface area contributed by atoms with Gasteiger partial charge in [0.25, 0.3) is 0 Å². The van der Waals surface area contributed by atoms with Gasteiger partial charge in [0.15, 0.2) is 0 Å². The number of fused-ring (bicyclic) bond motifs is 2. The molecule has 1 saturated heterocycles. The molecule has 164 valence electrons. The average Bonchev–Trinajstić information content (AvgIpc) is 3.34. The Bertz CT molecular complexity index is 1220. The second-order valence-electron chi connectivity index (χ2n) is 8.22. The molecule has 2 N–H and O–H groups in total. The molecule has 1 aliphatic heterocycles. The van der Waals surface area contributed by atoms with Crippen molar-refractivity contribution in [3.63, 3.8) is 0 Å². The van der Waals surface area contributed by atoms with Gasteiger partial charge in [-0.2, -0.15) is 0 Å². The van der Waals surface area contributed by atoms with E-state index in [2.05, 4.69) is 33.2 Å². The lowest BCUT2D eigenvalue weighted by atomic mass is 9.89. The Morgan fingerprint density at radius 1 is 1.06 bits per heavy atom. The molecule has 2 aromatic heterocycles. The van der Waals surface area contributed by atoms with Crippen molar-refractivity contribution in [2.75, 3.05) is 26.7 Å². The SMILES string of the molecule is COc1ccc2[nH]cc(C3CCN(CCCn4c(=O)[nH]c5ccccc54)CC3)c2c1.Cl. The third kappa shape index (κ3) is 4.23. The van der Waals surface area contributed by atoms with Crippen molar-refractivity contribution < 1.29 is 4.74 Å². The van der Waals surface area contributed by atoms with Crippen molar-refractivity contribution in [1.29, 1.82) is 0 Å². The van der Waals surface area contributed by atoms with Crippen LogP contribution in [0.2, 0.25) is 0 Å². The van der Waals surface area contributed by atoms with E-state index in [0.717, 1.165) is 62.2 Å². The molecule has 0 amide bonds. The fraction of sp³-hybridized carbons (Fsp3) is 0.375. The summed E-state index contributed by atoms with van der Waals surface area (Å²) in [5.41, 5.74) is 4.49. The van der Waals surface area contributed by atoms with Gasteiger partial charge in [-0.25, -0.2) is 4.79 Å². The van der Waals surface area contributed by atoms with Gasteiger partial charge < -0.3 is 19.6 Å². The number of hydrogen-bond donors (Lipinski definition) is 2. The molecular weight excluding hydrogens is 412 g/mol. The van der Waals surface area contributed by atoms with E-state index in [0.29, 0.717) is 5.92 Å². The number of hydrogen-bond acceptors (Lipinski definition) is 3. The summed E-state index contributed by atoms with van der Waals surface area (Å²) < 4.78 is 7.28. The molecule has 5 rings (SSSR count). The zero-order valence-electron chi connectivity index (χ0n) is 17.8. The Morgan fingerprint density at radius 3 is 2.68 bits per heavy atom. The number of halogens is 1. The highest BCUT2D eigenvalue weighted by molar-refractivity contribution is 5.85. The van der Waals surface area contributed by atoms with Crippen molar-refractivity contribution >= 4 is 34.3 Å². The number of aromatic amines is 2. The predicted molar refractivity (Wildman–Crippen MR) is 128 cm³/mol. The first-order valence-corrected chi connectivity index (χ1v) is 10.8. The molecule has 1 aliphatic rings. The summed E-state index contributed by atoms with van der Waals surface area (Å²) in [7, 11) is 1.72. The standard InChI is InChI=1S/C24H28N4O2.ClH/c1-30-18-7-8-21-19(15-18)20(16-25-21)17-9-13-27(14-10-17)11-4-12-28-23-6-3-2-5-22(23)26-24(28)29;/h2-3,5-8,15-17,25H,4,9-14H2,1H3,(H,26,29);1H. The third-order valence-electron chi connectivity index (χ3n) is 6.49. The van der Waals surface area contributed by atoms with Crippen LogP contribution in [0.1, 0.15) is 30.7 Å². The molecule has 0 unspecified atom stereocenters. The number of methoxy groups -OCH3 is 1. The van der Waals surface area contributed by atoms with Crippen LogP contribution in [0.25, 0.3) is 21.9 Å². The third-order valence-corrected chi connectivity index (χ3v) is 6.49. The van der Waals surface area contributed by atoms with Gasteiger partial charge in [-0.15, -0.1) is 12.4 Å². The number of para-hydroxylation sites is 2. The molecular formula is C24H29ClN4O2. The first-order chi connectivity index (χ1) is 14.7. The van der Waals surface area contributed by atoms with Gasteiger partial charge in [0.1, 0.15) is 5.75 Å². The van der Waals surface area contributed by atoms with E-state index in [1.807, 2.05) is 34.9 Å². The molecule has 0 bridgehead atoms. The smallest absolute Gasteiger partial charge is 0.326 e. The van der Waals surface area contributed by atoms with Crippen molar-refractivity contribution in [3.8, 4) is 5.75 Å². The van der Waals surface area contributed by atoms with Crippen molar-refractivity contribution in [3.05, 3.63) is 64.7 Å². The highest BCUT2D eigenvalue weighted by Gasteiger charge is 2.23. The summed E-state index contributed by atoms with van der Waals surface area (Å²) in [5.74, 6) is 1.49. The normalized spacial score (nSPS) is 15.4. The van der Waals surface area contributed by atoms with Crippen LogP contribution in [0.4, 0.5) is 0 Å². The van der Waals surface area contributed by atoms with Crippen LogP contribution in [0.3, 0.4) is 0 Å². The number of piperidine rings is 1. The molecule has 4 aromatic rings. The Morgan fingerprint density at radius 2 is 1.87 bits per heavy atom. The van der Waals surface area contributed by atoms with Crippen LogP contribution in [0.5, 0.6) is 5.75 Å². The monoisotopic (exact) mass is 440 g/mol. The summed E-state index contributed by atoms with van der Waals surface area (Å²) >= 11 is 0. The minimum atomic E-state index is -0.00956. The highest BCUT2D eigenvalue weighted by atomic mass is 35.5. The quantitative estimate of drug-likeness (QED) is 0.463. The van der Waals surface area contributed by atoms with Gasteiger partial charge in [0, 0.05) is 23.6 Å². The highest BCUT2D eigenvalue weighted by Crippen LogP contribution is 2.34. The van der Waals surface area contributed by atoms with Crippen molar-refractivity contribution in [2.45, 2.75) is 31.7 Å². The number of likely N-dealkylation sites (tertiary alicyclic amines) is 1. The number of nitrogens with one attached hydrogen (secondary N) is 2. The molecule has 6 nitrogen and oxygen atoms in total. The molecule has 0 radical (unpaired) electrons. The van der Waals surface area contributed by atoms with Crippen LogP contribution < -0.4 is 10.4 Å². The first kappa shape index (κ1) is 21.5. The number of H-pyrrole nitrogens is 2. The molecule has 0 saturated carbocycles.